The normalized spacial score (nSPS) is 15.2. The van der Waals surface area contributed by atoms with Crippen LogP contribution in [0.4, 0.5) is 24.7 Å². The van der Waals surface area contributed by atoms with Gasteiger partial charge >= 0.3 is 0 Å². The largest absolute Gasteiger partial charge is 0.497 e. The number of anilines is 2. The zero-order valence-corrected chi connectivity index (χ0v) is 25.1. The van der Waals surface area contributed by atoms with E-state index in [0.717, 1.165) is 55.0 Å². The Kier molecular flexibility index (Phi) is 9.60. The van der Waals surface area contributed by atoms with Crippen LogP contribution in [-0.4, -0.2) is 51.7 Å². The fourth-order valence-corrected chi connectivity index (χ4v) is 6.53. The Morgan fingerprint density at radius 3 is 2.48 bits per heavy atom. The van der Waals surface area contributed by atoms with Gasteiger partial charge < -0.3 is 14.8 Å². The number of aryl methyl sites for hydroxylation is 1. The molecule has 1 atom stereocenters. The van der Waals surface area contributed by atoms with Crippen molar-refractivity contribution in [2.24, 2.45) is 0 Å². The van der Waals surface area contributed by atoms with Crippen LogP contribution >= 0.6 is 0 Å². The zero-order chi connectivity index (χ0) is 31.3. The number of nitrogens with one attached hydrogen (secondary N) is 2. The molecule has 44 heavy (non-hydrogen) atoms. The van der Waals surface area contributed by atoms with Crippen LogP contribution in [0, 0.1) is 17.5 Å². The van der Waals surface area contributed by atoms with Gasteiger partial charge in [0, 0.05) is 43.0 Å². The lowest BCUT2D eigenvalue weighted by Crippen LogP contribution is -2.27. The van der Waals surface area contributed by atoms with E-state index in [9.17, 15) is 12.8 Å². The van der Waals surface area contributed by atoms with Crippen LogP contribution in [0.3, 0.4) is 0 Å². The average molecular weight is 627 g/mol. The van der Waals surface area contributed by atoms with E-state index in [1.807, 2.05) is 30.3 Å². The summed E-state index contributed by atoms with van der Waals surface area (Å²) in [5.74, 6) is -2.34. The van der Waals surface area contributed by atoms with E-state index >= 15 is 8.78 Å². The lowest BCUT2D eigenvalue weighted by Gasteiger charge is -2.21. The molecule has 1 fully saturated rings. The fraction of sp³-hybridized carbons (Fsp3) is 0.281. The number of likely N-dealkylation sites (tertiary alicyclic amines) is 1. The molecule has 3 aromatic carbocycles. The Hall–Kier alpha value is -4.29. The number of methoxy groups -OCH3 is 2. The number of rotatable bonds is 12. The number of hydrogen-bond donors (Lipinski definition) is 2. The minimum absolute atomic E-state index is 0.0122. The maximum Gasteiger partial charge on any atom is 0.268 e. The highest BCUT2D eigenvalue weighted by atomic mass is 32.2. The molecule has 1 saturated heterocycles. The van der Waals surface area contributed by atoms with E-state index in [4.69, 9.17) is 9.47 Å². The van der Waals surface area contributed by atoms with Crippen LogP contribution in [0.1, 0.15) is 23.1 Å². The van der Waals surface area contributed by atoms with E-state index < -0.39 is 32.4 Å². The van der Waals surface area contributed by atoms with Crippen LogP contribution in [0.5, 0.6) is 11.5 Å². The Morgan fingerprint density at radius 2 is 1.77 bits per heavy atom. The van der Waals surface area contributed by atoms with Crippen molar-refractivity contribution < 1.29 is 31.1 Å². The van der Waals surface area contributed by atoms with Crippen molar-refractivity contribution >= 4 is 21.5 Å². The average Bonchev–Trinajstić information content (AvgIpc) is 3.44. The fourth-order valence-electron chi connectivity index (χ4n) is 5.36. The summed E-state index contributed by atoms with van der Waals surface area (Å²) >= 11 is 0. The molecule has 1 aromatic heterocycles. The number of aromatic nitrogens is 1. The minimum atomic E-state index is -4.76. The smallest absolute Gasteiger partial charge is 0.268 e. The van der Waals surface area contributed by atoms with Gasteiger partial charge in [-0.05, 0) is 54.7 Å². The molecule has 0 spiro atoms. The van der Waals surface area contributed by atoms with Gasteiger partial charge in [-0.2, -0.15) is 0 Å². The monoisotopic (exact) mass is 626 g/mol. The SMILES string of the molecule is COc1ccc(CCc2c(N[C@H]3CCN(Cc4ccccc4)C3)cc(F)c(S(=O)(=O)Nc3ccc(F)cn3)c2F)c(OC)c1. The van der Waals surface area contributed by atoms with Crippen molar-refractivity contribution in [3.63, 3.8) is 0 Å². The third kappa shape index (κ3) is 7.25. The van der Waals surface area contributed by atoms with Gasteiger partial charge in [-0.25, -0.2) is 26.6 Å². The van der Waals surface area contributed by atoms with E-state index in [1.54, 1.807) is 18.2 Å². The molecule has 0 saturated carbocycles. The van der Waals surface area contributed by atoms with Gasteiger partial charge in [0.15, 0.2) is 10.7 Å². The van der Waals surface area contributed by atoms with Crippen LogP contribution in [0.15, 0.2) is 77.8 Å². The Labute approximate surface area is 254 Å². The first kappa shape index (κ1) is 31.1. The highest BCUT2D eigenvalue weighted by Crippen LogP contribution is 2.33. The molecule has 12 heteroatoms. The maximum atomic E-state index is 16.3. The molecular weight excluding hydrogens is 593 g/mol. The predicted octanol–water partition coefficient (Wildman–Crippen LogP) is 5.79. The van der Waals surface area contributed by atoms with Gasteiger partial charge in [-0.15, -0.1) is 0 Å². The van der Waals surface area contributed by atoms with Gasteiger partial charge in [0.1, 0.15) is 29.0 Å². The standard InChI is InChI=1S/C32H33F3N4O4S/c1-42-25-11-8-22(29(16-25)43-2)9-12-26-28(37-24-14-15-39(20-24)19-21-6-4-3-5-7-21)17-27(34)32(31(26)35)44(40,41)38-30-13-10-23(33)18-36-30/h3-8,10-11,13,16-18,24,37H,9,12,14-15,19-20H2,1-2H3,(H,36,38)/t24-/m0/s1. The number of benzene rings is 3. The molecule has 0 radical (unpaired) electrons. The van der Waals surface area contributed by atoms with Crippen molar-refractivity contribution in [3.05, 3.63) is 107 Å². The summed E-state index contributed by atoms with van der Waals surface area (Å²) in [7, 11) is -1.73. The van der Waals surface area contributed by atoms with Crippen LogP contribution in [0.2, 0.25) is 0 Å². The number of nitrogens with zero attached hydrogens (tertiary/aromatic N) is 2. The van der Waals surface area contributed by atoms with Crippen LogP contribution in [-0.2, 0) is 29.4 Å². The van der Waals surface area contributed by atoms with Crippen molar-refractivity contribution in [1.29, 1.82) is 0 Å². The summed E-state index contributed by atoms with van der Waals surface area (Å²) in [6, 6.07) is 18.2. The molecule has 232 valence electrons. The highest BCUT2D eigenvalue weighted by molar-refractivity contribution is 7.92. The first-order valence-electron chi connectivity index (χ1n) is 14.1. The summed E-state index contributed by atoms with van der Waals surface area (Å²) in [6.45, 7) is 2.17. The minimum Gasteiger partial charge on any atom is -0.497 e. The van der Waals surface area contributed by atoms with E-state index in [-0.39, 0.29) is 36.0 Å². The topological polar surface area (TPSA) is 92.8 Å². The summed E-state index contributed by atoms with van der Waals surface area (Å²) in [4.78, 5) is 4.77. The molecular formula is C32H33F3N4O4S. The molecule has 4 aromatic rings. The second-order valence-electron chi connectivity index (χ2n) is 10.5. The number of hydrogen-bond acceptors (Lipinski definition) is 7. The Bertz CT molecular complexity index is 1710. The van der Waals surface area contributed by atoms with E-state index in [1.165, 1.54) is 14.2 Å². The maximum absolute atomic E-state index is 16.3. The van der Waals surface area contributed by atoms with E-state index in [2.05, 4.69) is 19.9 Å². The van der Waals surface area contributed by atoms with Crippen molar-refractivity contribution in [3.8, 4) is 11.5 Å². The molecule has 2 N–H and O–H groups in total. The van der Waals surface area contributed by atoms with Crippen molar-refractivity contribution in [2.45, 2.75) is 36.7 Å². The highest BCUT2D eigenvalue weighted by Gasteiger charge is 2.31. The lowest BCUT2D eigenvalue weighted by atomic mass is 10.0. The molecule has 1 aliphatic heterocycles. The quantitative estimate of drug-likeness (QED) is 0.206. The Balaban J connectivity index is 1.45. The first-order valence-corrected chi connectivity index (χ1v) is 15.5. The van der Waals surface area contributed by atoms with Gasteiger partial charge in [0.25, 0.3) is 10.0 Å². The predicted molar refractivity (Wildman–Crippen MR) is 162 cm³/mol. The molecule has 8 nitrogen and oxygen atoms in total. The third-order valence-electron chi connectivity index (χ3n) is 7.53. The second-order valence-corrected chi connectivity index (χ2v) is 12.1. The molecule has 0 bridgehead atoms. The van der Waals surface area contributed by atoms with E-state index in [0.29, 0.717) is 18.0 Å². The van der Waals surface area contributed by atoms with Gasteiger partial charge in [-0.1, -0.05) is 36.4 Å². The second kappa shape index (κ2) is 13.6. The Morgan fingerprint density at radius 1 is 0.977 bits per heavy atom. The zero-order valence-electron chi connectivity index (χ0n) is 24.3. The molecule has 0 aliphatic carbocycles. The summed E-state index contributed by atoms with van der Waals surface area (Å²) in [6.07, 6.45) is 1.84. The molecule has 5 rings (SSSR count). The van der Waals surface area contributed by atoms with Crippen molar-refractivity contribution in [1.82, 2.24) is 9.88 Å². The molecule has 0 amide bonds. The summed E-state index contributed by atoms with van der Waals surface area (Å²) < 4.78 is 84.3. The molecule has 1 aliphatic rings. The number of pyridine rings is 1. The lowest BCUT2D eigenvalue weighted by molar-refractivity contribution is 0.328. The van der Waals surface area contributed by atoms with Gasteiger partial charge in [0.2, 0.25) is 0 Å². The van der Waals surface area contributed by atoms with Crippen LogP contribution in [0.25, 0.3) is 0 Å². The number of sulfonamides is 1. The number of ether oxygens (including phenoxy) is 2. The summed E-state index contributed by atoms with van der Waals surface area (Å²) in [5.41, 5.74) is 2.09. The van der Waals surface area contributed by atoms with Crippen molar-refractivity contribution in [2.75, 3.05) is 37.3 Å². The molecule has 2 heterocycles. The number of halogens is 3. The van der Waals surface area contributed by atoms with Gasteiger partial charge in [-0.3, -0.25) is 9.62 Å². The van der Waals surface area contributed by atoms with Crippen LogP contribution < -0.4 is 19.5 Å². The first-order chi connectivity index (χ1) is 21.2. The molecule has 0 unspecified atom stereocenters. The third-order valence-corrected chi connectivity index (χ3v) is 8.92. The van der Waals surface area contributed by atoms with Gasteiger partial charge in [0.05, 0.1) is 20.4 Å². The summed E-state index contributed by atoms with van der Waals surface area (Å²) in [5, 5.41) is 3.28.